The standard InChI is InChI=1S/C15H15ClO2/c1-17-14-7-13(10-16)8-15(9-14)18-11-12-5-3-2-4-6-12/h2-9H,10-11H2,1H3. The largest absolute Gasteiger partial charge is 0.497 e. The first kappa shape index (κ1) is 12.8. The van der Waals surface area contributed by atoms with Gasteiger partial charge in [0.05, 0.1) is 7.11 Å². The summed E-state index contributed by atoms with van der Waals surface area (Å²) in [5.74, 6) is 1.98. The van der Waals surface area contributed by atoms with Gasteiger partial charge in [0.15, 0.2) is 0 Å². The molecule has 0 aliphatic carbocycles. The molecule has 0 amide bonds. The molecular formula is C15H15ClO2. The van der Waals surface area contributed by atoms with E-state index in [0.29, 0.717) is 12.5 Å². The number of alkyl halides is 1. The SMILES string of the molecule is COc1cc(CCl)cc(OCc2ccccc2)c1. The van der Waals surface area contributed by atoms with Crippen LogP contribution in [0.1, 0.15) is 11.1 Å². The van der Waals surface area contributed by atoms with Crippen molar-refractivity contribution >= 4 is 11.6 Å². The van der Waals surface area contributed by atoms with Gasteiger partial charge < -0.3 is 9.47 Å². The highest BCUT2D eigenvalue weighted by atomic mass is 35.5. The monoisotopic (exact) mass is 262 g/mol. The van der Waals surface area contributed by atoms with Crippen molar-refractivity contribution in [3.8, 4) is 11.5 Å². The normalized spacial score (nSPS) is 10.1. The van der Waals surface area contributed by atoms with Crippen molar-refractivity contribution in [2.45, 2.75) is 12.5 Å². The Morgan fingerprint density at radius 2 is 1.67 bits per heavy atom. The minimum atomic E-state index is 0.443. The van der Waals surface area contributed by atoms with Gasteiger partial charge in [-0.3, -0.25) is 0 Å². The van der Waals surface area contributed by atoms with Crippen LogP contribution in [0, 0.1) is 0 Å². The highest BCUT2D eigenvalue weighted by Gasteiger charge is 2.02. The molecule has 18 heavy (non-hydrogen) atoms. The fraction of sp³-hybridized carbons (Fsp3) is 0.200. The Bertz CT molecular complexity index is 475. The van der Waals surface area contributed by atoms with Gasteiger partial charge in [0, 0.05) is 11.9 Å². The molecule has 0 heterocycles. The maximum absolute atomic E-state index is 5.83. The fourth-order valence-corrected chi connectivity index (χ4v) is 1.80. The van der Waals surface area contributed by atoms with Gasteiger partial charge in [-0.25, -0.2) is 0 Å². The summed E-state index contributed by atoms with van der Waals surface area (Å²) in [5, 5.41) is 0. The van der Waals surface area contributed by atoms with Gasteiger partial charge in [-0.05, 0) is 23.3 Å². The summed E-state index contributed by atoms with van der Waals surface area (Å²) in [6, 6.07) is 15.7. The van der Waals surface area contributed by atoms with Crippen molar-refractivity contribution in [1.29, 1.82) is 0 Å². The van der Waals surface area contributed by atoms with Crippen LogP contribution in [0.3, 0.4) is 0 Å². The first-order chi connectivity index (χ1) is 8.81. The smallest absolute Gasteiger partial charge is 0.123 e. The molecule has 2 rings (SSSR count). The highest BCUT2D eigenvalue weighted by molar-refractivity contribution is 6.17. The van der Waals surface area contributed by atoms with Gasteiger partial charge in [-0.15, -0.1) is 11.6 Å². The van der Waals surface area contributed by atoms with Crippen molar-refractivity contribution in [3.05, 3.63) is 59.7 Å². The van der Waals surface area contributed by atoms with Gasteiger partial charge in [0.25, 0.3) is 0 Å². The molecular weight excluding hydrogens is 248 g/mol. The topological polar surface area (TPSA) is 18.5 Å². The highest BCUT2D eigenvalue weighted by Crippen LogP contribution is 2.24. The molecule has 94 valence electrons. The van der Waals surface area contributed by atoms with Gasteiger partial charge in [-0.2, -0.15) is 0 Å². The third kappa shape index (κ3) is 3.41. The lowest BCUT2D eigenvalue weighted by Crippen LogP contribution is -1.96. The van der Waals surface area contributed by atoms with Gasteiger partial charge >= 0.3 is 0 Å². The second-order valence-corrected chi connectivity index (χ2v) is 4.19. The molecule has 0 N–H and O–H groups in total. The Kier molecular flexibility index (Phi) is 4.48. The molecule has 3 heteroatoms. The summed E-state index contributed by atoms with van der Waals surface area (Å²) < 4.78 is 10.9. The first-order valence-corrected chi connectivity index (χ1v) is 6.26. The zero-order valence-corrected chi connectivity index (χ0v) is 11.0. The zero-order chi connectivity index (χ0) is 12.8. The maximum atomic E-state index is 5.83. The van der Waals surface area contributed by atoms with Crippen LogP contribution in [0.4, 0.5) is 0 Å². The van der Waals surface area contributed by atoms with E-state index < -0.39 is 0 Å². The maximum Gasteiger partial charge on any atom is 0.123 e. The summed E-state index contributed by atoms with van der Waals surface area (Å²) in [5.41, 5.74) is 2.12. The van der Waals surface area contributed by atoms with Crippen molar-refractivity contribution in [2.24, 2.45) is 0 Å². The Morgan fingerprint density at radius 3 is 2.33 bits per heavy atom. The zero-order valence-electron chi connectivity index (χ0n) is 10.2. The van der Waals surface area contributed by atoms with Crippen molar-refractivity contribution in [1.82, 2.24) is 0 Å². The molecule has 0 aromatic heterocycles. The molecule has 0 saturated carbocycles. The van der Waals surface area contributed by atoms with E-state index in [1.165, 1.54) is 0 Å². The molecule has 0 aliphatic heterocycles. The quantitative estimate of drug-likeness (QED) is 0.758. The third-order valence-electron chi connectivity index (χ3n) is 2.58. The van der Waals surface area contributed by atoms with Crippen LogP contribution in [-0.2, 0) is 12.5 Å². The van der Waals surface area contributed by atoms with E-state index in [1.807, 2.05) is 48.5 Å². The summed E-state index contributed by atoms with van der Waals surface area (Å²) >= 11 is 5.83. The minimum Gasteiger partial charge on any atom is -0.497 e. The molecule has 0 atom stereocenters. The van der Waals surface area contributed by atoms with E-state index in [9.17, 15) is 0 Å². The average Bonchev–Trinajstić information content (AvgIpc) is 2.45. The van der Waals surface area contributed by atoms with E-state index in [1.54, 1.807) is 7.11 Å². The summed E-state index contributed by atoms with van der Waals surface area (Å²) in [6.45, 7) is 0.537. The van der Waals surface area contributed by atoms with Crippen molar-refractivity contribution in [2.75, 3.05) is 7.11 Å². The van der Waals surface area contributed by atoms with Crippen LogP contribution in [0.2, 0.25) is 0 Å². The summed E-state index contributed by atoms with van der Waals surface area (Å²) in [4.78, 5) is 0. The number of hydrogen-bond donors (Lipinski definition) is 0. The Balaban J connectivity index is 2.09. The van der Waals surface area contributed by atoms with Crippen molar-refractivity contribution < 1.29 is 9.47 Å². The molecule has 0 aliphatic rings. The fourth-order valence-electron chi connectivity index (χ4n) is 1.65. The average molecular weight is 263 g/mol. The van der Waals surface area contributed by atoms with Crippen LogP contribution in [-0.4, -0.2) is 7.11 Å². The van der Waals surface area contributed by atoms with E-state index in [0.717, 1.165) is 22.6 Å². The van der Waals surface area contributed by atoms with Crippen LogP contribution < -0.4 is 9.47 Å². The number of benzene rings is 2. The number of halogens is 1. The molecule has 2 aromatic rings. The summed E-state index contributed by atoms with van der Waals surface area (Å²) in [6.07, 6.45) is 0. The second-order valence-electron chi connectivity index (χ2n) is 3.92. The minimum absolute atomic E-state index is 0.443. The molecule has 0 bridgehead atoms. The Morgan fingerprint density at radius 1 is 0.944 bits per heavy atom. The number of ether oxygens (including phenoxy) is 2. The van der Waals surface area contributed by atoms with E-state index in [2.05, 4.69) is 0 Å². The lowest BCUT2D eigenvalue weighted by Gasteiger charge is -2.09. The Labute approximate surface area is 112 Å². The van der Waals surface area contributed by atoms with E-state index in [4.69, 9.17) is 21.1 Å². The van der Waals surface area contributed by atoms with Crippen LogP contribution in [0.25, 0.3) is 0 Å². The van der Waals surface area contributed by atoms with Crippen LogP contribution >= 0.6 is 11.6 Å². The van der Waals surface area contributed by atoms with Gasteiger partial charge in [0.1, 0.15) is 18.1 Å². The molecule has 2 nitrogen and oxygen atoms in total. The van der Waals surface area contributed by atoms with Crippen LogP contribution in [0.15, 0.2) is 48.5 Å². The lowest BCUT2D eigenvalue weighted by atomic mass is 10.2. The molecule has 0 unspecified atom stereocenters. The molecule has 2 aromatic carbocycles. The first-order valence-electron chi connectivity index (χ1n) is 5.72. The van der Waals surface area contributed by atoms with Crippen LogP contribution in [0.5, 0.6) is 11.5 Å². The van der Waals surface area contributed by atoms with Gasteiger partial charge in [-0.1, -0.05) is 30.3 Å². The molecule has 0 spiro atoms. The summed E-state index contributed by atoms with van der Waals surface area (Å²) in [7, 11) is 1.63. The number of hydrogen-bond acceptors (Lipinski definition) is 2. The number of rotatable bonds is 5. The second kappa shape index (κ2) is 6.31. The van der Waals surface area contributed by atoms with Crippen molar-refractivity contribution in [3.63, 3.8) is 0 Å². The predicted octanol–water partition coefficient (Wildman–Crippen LogP) is 4.01. The lowest BCUT2D eigenvalue weighted by molar-refractivity contribution is 0.303. The Hall–Kier alpha value is -1.67. The third-order valence-corrected chi connectivity index (χ3v) is 2.89. The molecule has 0 saturated heterocycles. The predicted molar refractivity (Wildman–Crippen MR) is 73.3 cm³/mol. The number of methoxy groups -OCH3 is 1. The van der Waals surface area contributed by atoms with Gasteiger partial charge in [0.2, 0.25) is 0 Å². The van der Waals surface area contributed by atoms with E-state index in [-0.39, 0.29) is 0 Å². The molecule has 0 radical (unpaired) electrons. The molecule has 0 fully saturated rings. The van der Waals surface area contributed by atoms with E-state index >= 15 is 0 Å².